The van der Waals surface area contributed by atoms with Gasteiger partial charge in [-0.1, -0.05) is 18.2 Å². The first-order chi connectivity index (χ1) is 12.8. The smallest absolute Gasteiger partial charge is 0.332 e. The first-order valence-electron chi connectivity index (χ1n) is 8.35. The molecule has 0 aliphatic heterocycles. The fourth-order valence-electron chi connectivity index (χ4n) is 2.94. The van der Waals surface area contributed by atoms with E-state index in [4.69, 9.17) is 0 Å². The molecule has 0 spiro atoms. The quantitative estimate of drug-likeness (QED) is 0.747. The van der Waals surface area contributed by atoms with Crippen LogP contribution in [-0.4, -0.2) is 28.2 Å². The number of anilines is 2. The van der Waals surface area contributed by atoms with Gasteiger partial charge in [-0.05, 0) is 17.7 Å². The van der Waals surface area contributed by atoms with Crippen LogP contribution < -0.4 is 21.5 Å². The van der Waals surface area contributed by atoms with Gasteiger partial charge in [0.1, 0.15) is 17.7 Å². The third-order valence-electron chi connectivity index (χ3n) is 4.47. The maximum Gasteiger partial charge on any atom is 0.332 e. The second kappa shape index (κ2) is 6.96. The normalized spacial score (nSPS) is 10.6. The molecule has 0 fully saturated rings. The monoisotopic (exact) mass is 364 g/mol. The summed E-state index contributed by atoms with van der Waals surface area (Å²) in [7, 11) is 6.70. The molecule has 2 heterocycles. The van der Waals surface area contributed by atoms with Crippen molar-refractivity contribution in [2.45, 2.75) is 6.54 Å². The lowest BCUT2D eigenvalue weighted by Gasteiger charge is -2.17. The number of hydrogen-bond acceptors (Lipinski definition) is 6. The van der Waals surface area contributed by atoms with E-state index >= 15 is 0 Å². The average molecular weight is 364 g/mol. The SMILES string of the molecule is CN(C)c1cc(CNc2c(C#N)c(=O)n(C)c(=O)n2C)c2ccccc2n1. The molecule has 2 aromatic heterocycles. The molecular weight excluding hydrogens is 344 g/mol. The molecule has 3 aromatic rings. The highest BCUT2D eigenvalue weighted by Gasteiger charge is 2.16. The Morgan fingerprint density at radius 1 is 1.19 bits per heavy atom. The molecule has 0 bridgehead atoms. The number of pyridine rings is 1. The molecular formula is C19H20N6O2. The minimum atomic E-state index is -0.614. The van der Waals surface area contributed by atoms with E-state index in [2.05, 4.69) is 10.3 Å². The summed E-state index contributed by atoms with van der Waals surface area (Å²) in [6.07, 6.45) is 0. The number of benzene rings is 1. The van der Waals surface area contributed by atoms with E-state index in [1.165, 1.54) is 18.7 Å². The van der Waals surface area contributed by atoms with Crippen LogP contribution in [0.5, 0.6) is 0 Å². The number of rotatable bonds is 4. The van der Waals surface area contributed by atoms with Gasteiger partial charge in [-0.15, -0.1) is 0 Å². The van der Waals surface area contributed by atoms with Gasteiger partial charge in [-0.25, -0.2) is 9.78 Å². The van der Waals surface area contributed by atoms with Crippen molar-refractivity contribution in [2.24, 2.45) is 14.1 Å². The molecule has 0 aliphatic rings. The summed E-state index contributed by atoms with van der Waals surface area (Å²) < 4.78 is 2.20. The fourth-order valence-corrected chi connectivity index (χ4v) is 2.94. The van der Waals surface area contributed by atoms with E-state index in [1.54, 1.807) is 0 Å². The number of nitrogens with zero attached hydrogens (tertiary/aromatic N) is 5. The molecule has 0 saturated heterocycles. The van der Waals surface area contributed by atoms with Crippen LogP contribution in [0.25, 0.3) is 10.9 Å². The summed E-state index contributed by atoms with van der Waals surface area (Å²) in [5.41, 5.74) is 0.595. The number of nitrogens with one attached hydrogen (secondary N) is 1. The zero-order chi connectivity index (χ0) is 19.7. The Balaban J connectivity index is 2.10. The first-order valence-corrected chi connectivity index (χ1v) is 8.35. The van der Waals surface area contributed by atoms with Crippen molar-refractivity contribution >= 4 is 22.5 Å². The highest BCUT2D eigenvalue weighted by Crippen LogP contribution is 2.23. The van der Waals surface area contributed by atoms with Gasteiger partial charge in [0.15, 0.2) is 5.56 Å². The van der Waals surface area contributed by atoms with Gasteiger partial charge in [-0.3, -0.25) is 13.9 Å². The molecule has 1 N–H and O–H groups in total. The van der Waals surface area contributed by atoms with Crippen molar-refractivity contribution < 1.29 is 0 Å². The van der Waals surface area contributed by atoms with E-state index in [-0.39, 0.29) is 11.4 Å². The van der Waals surface area contributed by atoms with Crippen LogP contribution in [0.2, 0.25) is 0 Å². The van der Waals surface area contributed by atoms with Gasteiger partial charge in [-0.2, -0.15) is 5.26 Å². The van der Waals surface area contributed by atoms with Gasteiger partial charge in [0.25, 0.3) is 5.56 Å². The Morgan fingerprint density at radius 3 is 2.56 bits per heavy atom. The Kier molecular flexibility index (Phi) is 4.69. The number of fused-ring (bicyclic) bond motifs is 1. The molecule has 0 radical (unpaired) electrons. The predicted octanol–water partition coefficient (Wildman–Crippen LogP) is 1.18. The minimum absolute atomic E-state index is 0.0919. The molecule has 0 atom stereocenters. The van der Waals surface area contributed by atoms with Crippen LogP contribution in [-0.2, 0) is 20.6 Å². The third kappa shape index (κ3) is 3.15. The van der Waals surface area contributed by atoms with Crippen molar-refractivity contribution in [1.82, 2.24) is 14.1 Å². The second-order valence-electron chi connectivity index (χ2n) is 6.45. The molecule has 27 heavy (non-hydrogen) atoms. The lowest BCUT2D eigenvalue weighted by Crippen LogP contribution is -2.39. The summed E-state index contributed by atoms with van der Waals surface area (Å²) in [5.74, 6) is 1.00. The topological polar surface area (TPSA) is 96.0 Å². The Labute approximate surface area is 155 Å². The van der Waals surface area contributed by atoms with Gasteiger partial charge < -0.3 is 10.2 Å². The van der Waals surface area contributed by atoms with Gasteiger partial charge >= 0.3 is 5.69 Å². The molecule has 0 amide bonds. The molecule has 0 aliphatic carbocycles. The summed E-state index contributed by atoms with van der Waals surface area (Å²) in [5, 5.41) is 13.4. The molecule has 0 unspecified atom stereocenters. The Hall–Kier alpha value is -3.60. The van der Waals surface area contributed by atoms with Crippen LogP contribution in [0.15, 0.2) is 39.9 Å². The van der Waals surface area contributed by atoms with E-state index in [0.717, 1.165) is 26.9 Å². The maximum atomic E-state index is 12.2. The van der Waals surface area contributed by atoms with E-state index in [0.29, 0.717) is 6.54 Å². The molecule has 138 valence electrons. The standard InChI is InChI=1S/C19H20N6O2/c1-23(2)16-9-12(13-7-5-6-8-15(13)22-16)11-21-17-14(10-20)18(26)25(4)19(27)24(17)3/h5-9,21H,11H2,1-4H3. The van der Waals surface area contributed by atoms with Gasteiger partial charge in [0, 0.05) is 40.1 Å². The van der Waals surface area contributed by atoms with E-state index in [1.807, 2.05) is 55.4 Å². The predicted molar refractivity (Wildman–Crippen MR) is 105 cm³/mol. The largest absolute Gasteiger partial charge is 0.366 e. The fraction of sp³-hybridized carbons (Fsp3) is 0.263. The zero-order valence-electron chi connectivity index (χ0n) is 15.6. The van der Waals surface area contributed by atoms with Crippen LogP contribution >= 0.6 is 0 Å². The lowest BCUT2D eigenvalue weighted by molar-refractivity contribution is 0.685. The van der Waals surface area contributed by atoms with Crippen LogP contribution in [0, 0.1) is 11.3 Å². The maximum absolute atomic E-state index is 12.2. The van der Waals surface area contributed by atoms with Crippen LogP contribution in [0.3, 0.4) is 0 Å². The summed E-state index contributed by atoms with van der Waals surface area (Å²) in [6, 6.07) is 11.6. The van der Waals surface area contributed by atoms with Crippen LogP contribution in [0.4, 0.5) is 11.6 Å². The Morgan fingerprint density at radius 2 is 1.89 bits per heavy atom. The third-order valence-corrected chi connectivity index (χ3v) is 4.47. The van der Waals surface area contributed by atoms with Crippen LogP contribution in [0.1, 0.15) is 11.1 Å². The number of aromatic nitrogens is 3. The van der Waals surface area contributed by atoms with Crippen molar-refractivity contribution in [3.63, 3.8) is 0 Å². The summed E-state index contributed by atoms with van der Waals surface area (Å²) in [4.78, 5) is 31.0. The first kappa shape index (κ1) is 18.2. The van der Waals surface area contributed by atoms with E-state index in [9.17, 15) is 14.9 Å². The second-order valence-corrected chi connectivity index (χ2v) is 6.45. The van der Waals surface area contributed by atoms with Crippen molar-refractivity contribution in [1.29, 1.82) is 5.26 Å². The average Bonchev–Trinajstić information content (AvgIpc) is 2.67. The molecule has 1 aromatic carbocycles. The van der Waals surface area contributed by atoms with Gasteiger partial charge in [0.2, 0.25) is 0 Å². The van der Waals surface area contributed by atoms with Crippen molar-refractivity contribution in [3.05, 3.63) is 62.3 Å². The number of hydrogen-bond donors (Lipinski definition) is 1. The van der Waals surface area contributed by atoms with Gasteiger partial charge in [0.05, 0.1) is 5.52 Å². The van der Waals surface area contributed by atoms with Crippen molar-refractivity contribution in [2.75, 3.05) is 24.3 Å². The summed E-state index contributed by atoms with van der Waals surface area (Å²) in [6.45, 7) is 0.332. The molecule has 3 rings (SSSR count). The summed E-state index contributed by atoms with van der Waals surface area (Å²) >= 11 is 0. The highest BCUT2D eigenvalue weighted by atomic mass is 16.2. The van der Waals surface area contributed by atoms with E-state index < -0.39 is 11.2 Å². The zero-order valence-corrected chi connectivity index (χ0v) is 15.6. The molecule has 8 heteroatoms. The highest BCUT2D eigenvalue weighted by molar-refractivity contribution is 5.84. The number of para-hydroxylation sites is 1. The molecule has 8 nitrogen and oxygen atoms in total. The lowest BCUT2D eigenvalue weighted by atomic mass is 10.1. The number of nitriles is 1. The van der Waals surface area contributed by atoms with Crippen molar-refractivity contribution in [3.8, 4) is 6.07 Å². The Bertz CT molecular complexity index is 1180. The minimum Gasteiger partial charge on any atom is -0.366 e. The molecule has 0 saturated carbocycles.